The molecule has 0 saturated carbocycles. The van der Waals surface area contributed by atoms with Gasteiger partial charge in [-0.1, -0.05) is 42.5 Å². The lowest BCUT2D eigenvalue weighted by atomic mass is 9.88. The lowest BCUT2D eigenvalue weighted by Gasteiger charge is -2.40. The quantitative estimate of drug-likeness (QED) is 0.233. The fourth-order valence-electron chi connectivity index (χ4n) is 4.14. The summed E-state index contributed by atoms with van der Waals surface area (Å²) in [5, 5.41) is 51.8. The molecule has 2 unspecified atom stereocenters. The molecule has 7 atom stereocenters. The zero-order valence-corrected chi connectivity index (χ0v) is 20.3. The Morgan fingerprint density at radius 2 is 1.63 bits per heavy atom. The Balaban J connectivity index is 1.41. The van der Waals surface area contributed by atoms with Gasteiger partial charge in [0.15, 0.2) is 0 Å². The third-order valence-electron chi connectivity index (χ3n) is 6.44. The number of benzene rings is 2. The van der Waals surface area contributed by atoms with Crippen molar-refractivity contribution in [2.24, 2.45) is 0 Å². The molecule has 1 heterocycles. The summed E-state index contributed by atoms with van der Waals surface area (Å²) in [7, 11) is 0. The van der Waals surface area contributed by atoms with Crippen molar-refractivity contribution in [3.63, 3.8) is 0 Å². The first-order chi connectivity index (χ1) is 18.2. The second kappa shape index (κ2) is 12.0. The maximum atomic E-state index is 12.5. The number of hydrogen-bond acceptors (Lipinski definition) is 11. The topological polar surface area (TPSA) is 172 Å². The molecule has 1 aliphatic heterocycles. The molecule has 0 amide bonds. The highest BCUT2D eigenvalue weighted by Crippen LogP contribution is 2.29. The van der Waals surface area contributed by atoms with Gasteiger partial charge in [-0.05, 0) is 37.1 Å². The first-order valence-corrected chi connectivity index (χ1v) is 12.1. The van der Waals surface area contributed by atoms with Crippen molar-refractivity contribution in [1.29, 1.82) is 0 Å². The zero-order chi connectivity index (χ0) is 27.3. The summed E-state index contributed by atoms with van der Waals surface area (Å²) in [5.74, 6) is -1.57. The number of aliphatic hydroxyl groups excluding tert-OH is 4. The van der Waals surface area contributed by atoms with Crippen LogP contribution in [-0.2, 0) is 25.6 Å². The van der Waals surface area contributed by atoms with Crippen LogP contribution in [0.3, 0.4) is 0 Å². The minimum atomic E-state index is -2.17. The van der Waals surface area contributed by atoms with E-state index in [0.29, 0.717) is 12.0 Å². The molecule has 0 spiro atoms. The lowest BCUT2D eigenvalue weighted by Crippen LogP contribution is -2.60. The van der Waals surface area contributed by atoms with Crippen molar-refractivity contribution < 1.29 is 54.1 Å². The summed E-state index contributed by atoms with van der Waals surface area (Å²) < 4.78 is 21.8. The van der Waals surface area contributed by atoms with E-state index < -0.39 is 61.0 Å². The molecule has 1 aliphatic carbocycles. The molecule has 5 N–H and O–H groups in total. The summed E-state index contributed by atoms with van der Waals surface area (Å²) >= 11 is 0. The van der Waals surface area contributed by atoms with Crippen LogP contribution in [0.2, 0.25) is 0 Å². The fourth-order valence-corrected chi connectivity index (χ4v) is 4.14. The summed E-state index contributed by atoms with van der Waals surface area (Å²) in [6, 6.07) is 14.5. The van der Waals surface area contributed by atoms with Crippen molar-refractivity contribution in [3.05, 3.63) is 77.9 Å². The van der Waals surface area contributed by atoms with E-state index in [1.807, 2.05) is 0 Å². The minimum absolute atomic E-state index is 0.125. The van der Waals surface area contributed by atoms with Crippen molar-refractivity contribution >= 4 is 11.9 Å². The van der Waals surface area contributed by atoms with E-state index in [1.165, 1.54) is 12.1 Å². The molecular formula is C27H30O11. The smallest absolute Gasteiger partial charge is 0.345 e. The van der Waals surface area contributed by atoms with E-state index in [9.17, 15) is 35.1 Å². The van der Waals surface area contributed by atoms with Gasteiger partial charge >= 0.3 is 11.9 Å². The predicted octanol–water partition coefficient (Wildman–Crippen LogP) is 0.215. The first kappa shape index (κ1) is 27.7. The van der Waals surface area contributed by atoms with Crippen LogP contribution in [-0.4, -0.2) is 86.5 Å². The summed E-state index contributed by atoms with van der Waals surface area (Å²) in [6.07, 6.45) is -5.40. The second-order valence-corrected chi connectivity index (χ2v) is 9.10. The Labute approximate surface area is 218 Å². The van der Waals surface area contributed by atoms with Crippen LogP contribution in [0.5, 0.6) is 5.75 Å². The van der Waals surface area contributed by atoms with Crippen LogP contribution in [0.4, 0.5) is 0 Å². The highest BCUT2D eigenvalue weighted by atomic mass is 16.7. The van der Waals surface area contributed by atoms with Crippen LogP contribution in [0, 0.1) is 0 Å². The van der Waals surface area contributed by atoms with E-state index in [-0.39, 0.29) is 24.3 Å². The van der Waals surface area contributed by atoms with Crippen molar-refractivity contribution in [3.8, 4) is 5.75 Å². The number of allylic oxidation sites excluding steroid dienone is 1. The molecular weight excluding hydrogens is 500 g/mol. The van der Waals surface area contributed by atoms with E-state index in [0.717, 1.165) is 0 Å². The van der Waals surface area contributed by atoms with Crippen molar-refractivity contribution in [1.82, 2.24) is 0 Å². The molecule has 1 fully saturated rings. The Kier molecular flexibility index (Phi) is 8.77. The van der Waals surface area contributed by atoms with Gasteiger partial charge in [0, 0.05) is 5.56 Å². The second-order valence-electron chi connectivity index (χ2n) is 9.10. The summed E-state index contributed by atoms with van der Waals surface area (Å²) in [4.78, 5) is 24.8. The summed E-state index contributed by atoms with van der Waals surface area (Å²) in [6.45, 7) is -0.768. The Bertz CT molecular complexity index is 1140. The van der Waals surface area contributed by atoms with Crippen LogP contribution in [0.25, 0.3) is 0 Å². The molecule has 11 heteroatoms. The Hall–Kier alpha value is -3.32. The van der Waals surface area contributed by atoms with E-state index in [1.54, 1.807) is 54.6 Å². The van der Waals surface area contributed by atoms with Crippen LogP contribution >= 0.6 is 0 Å². The molecule has 0 aromatic heterocycles. The van der Waals surface area contributed by atoms with Gasteiger partial charge in [-0.2, -0.15) is 0 Å². The number of ether oxygens (including phenoxy) is 4. The van der Waals surface area contributed by atoms with Gasteiger partial charge in [0.1, 0.15) is 43.4 Å². The third-order valence-corrected chi connectivity index (χ3v) is 6.44. The number of para-hydroxylation sites is 1. The highest BCUT2D eigenvalue weighted by molar-refractivity contribution is 5.89. The van der Waals surface area contributed by atoms with E-state index >= 15 is 0 Å². The molecule has 0 bridgehead atoms. The molecule has 38 heavy (non-hydrogen) atoms. The van der Waals surface area contributed by atoms with Gasteiger partial charge in [-0.15, -0.1) is 0 Å². The SMILES string of the molecule is O=C(OC[C@H]1O[C@@H](Oc2ccccc2COC(=O)C2(O)C=CCCC2O)[C@H](O)[C@@H](O)[C@@H]1O)c1ccccc1. The average Bonchev–Trinajstić information content (AvgIpc) is 2.93. The minimum Gasteiger partial charge on any atom is -0.462 e. The Morgan fingerprint density at radius 3 is 2.37 bits per heavy atom. The molecule has 204 valence electrons. The van der Waals surface area contributed by atoms with Crippen LogP contribution in [0.15, 0.2) is 66.7 Å². The molecule has 2 aromatic rings. The highest BCUT2D eigenvalue weighted by Gasteiger charge is 2.46. The molecule has 0 radical (unpaired) electrons. The van der Waals surface area contributed by atoms with Crippen LogP contribution < -0.4 is 4.74 Å². The number of hydrogen-bond donors (Lipinski definition) is 5. The predicted molar refractivity (Wildman–Crippen MR) is 130 cm³/mol. The first-order valence-electron chi connectivity index (χ1n) is 12.1. The number of carbonyl (C=O) groups is 2. The maximum absolute atomic E-state index is 12.5. The van der Waals surface area contributed by atoms with Gasteiger partial charge in [-0.25, -0.2) is 9.59 Å². The number of aliphatic hydroxyl groups is 5. The standard InChI is InChI=1S/C27H30O11/c28-20-12-6-7-13-27(20,34)26(33)36-14-17-10-4-5-11-18(17)37-25-23(31)22(30)21(29)19(38-25)15-35-24(32)16-8-2-1-3-9-16/h1-5,7-11,13,19-23,25,28-31,34H,6,12,14-15H2/t19-,20?,21-,22+,23-,25-,27?/m1/s1. The van der Waals surface area contributed by atoms with Gasteiger partial charge in [0.25, 0.3) is 0 Å². The monoisotopic (exact) mass is 530 g/mol. The molecule has 4 rings (SSSR count). The van der Waals surface area contributed by atoms with Crippen molar-refractivity contribution in [2.75, 3.05) is 6.61 Å². The summed E-state index contributed by atoms with van der Waals surface area (Å²) in [5.41, 5.74) is -1.54. The molecule has 1 saturated heterocycles. The van der Waals surface area contributed by atoms with Gasteiger partial charge in [0.2, 0.25) is 11.9 Å². The largest absolute Gasteiger partial charge is 0.462 e. The van der Waals surface area contributed by atoms with Gasteiger partial charge < -0.3 is 44.5 Å². The lowest BCUT2D eigenvalue weighted by molar-refractivity contribution is -0.277. The van der Waals surface area contributed by atoms with Crippen LogP contribution in [0.1, 0.15) is 28.8 Å². The molecule has 2 aliphatic rings. The van der Waals surface area contributed by atoms with E-state index in [4.69, 9.17) is 18.9 Å². The third kappa shape index (κ3) is 6.04. The fraction of sp³-hybridized carbons (Fsp3) is 0.407. The number of rotatable bonds is 8. The Morgan fingerprint density at radius 1 is 0.921 bits per heavy atom. The number of esters is 2. The molecule has 11 nitrogen and oxygen atoms in total. The van der Waals surface area contributed by atoms with Gasteiger partial charge in [0.05, 0.1) is 11.7 Å². The zero-order valence-electron chi connectivity index (χ0n) is 20.3. The normalized spacial score (nSPS) is 30.9. The van der Waals surface area contributed by atoms with Crippen molar-refractivity contribution in [2.45, 2.75) is 61.9 Å². The molecule has 2 aromatic carbocycles. The van der Waals surface area contributed by atoms with E-state index in [2.05, 4.69) is 0 Å². The van der Waals surface area contributed by atoms with Gasteiger partial charge in [-0.3, -0.25) is 0 Å². The maximum Gasteiger partial charge on any atom is 0.345 e. The average molecular weight is 531 g/mol. The number of carbonyl (C=O) groups excluding carboxylic acids is 2.